The smallest absolute Gasteiger partial charge is 0.417 e. The number of rotatable bonds is 6. The number of β-amino-alcohol motifs (C(OH)–C–C–N with tert-alkyl or cyclic N) is 1. The van der Waals surface area contributed by atoms with Crippen LogP contribution in [0.5, 0.6) is 6.01 Å². The van der Waals surface area contributed by atoms with Crippen molar-refractivity contribution in [2.24, 2.45) is 5.92 Å². The van der Waals surface area contributed by atoms with Crippen LogP contribution in [0.4, 0.5) is 33.5 Å². The molecule has 5 heterocycles. The number of hydrogen-bond donors (Lipinski definition) is 2. The number of benzene rings is 1. The van der Waals surface area contributed by atoms with Gasteiger partial charge in [0.1, 0.15) is 12.4 Å². The highest BCUT2D eigenvalue weighted by Gasteiger charge is 2.49. The summed E-state index contributed by atoms with van der Waals surface area (Å²) < 4.78 is 82.9. The highest BCUT2D eigenvalue weighted by atomic mass is 19.4. The van der Waals surface area contributed by atoms with Gasteiger partial charge in [-0.25, -0.2) is 0 Å². The molecule has 9 nitrogen and oxygen atoms in total. The topological polar surface area (TPSA) is 121 Å². The van der Waals surface area contributed by atoms with Crippen LogP contribution in [0, 0.1) is 29.1 Å². The van der Waals surface area contributed by atoms with Gasteiger partial charge in [-0.15, -0.1) is 5.92 Å². The summed E-state index contributed by atoms with van der Waals surface area (Å²) in [5.41, 5.74) is 4.01. The van der Waals surface area contributed by atoms with E-state index in [-0.39, 0.29) is 79.9 Å². The first-order valence-corrected chi connectivity index (χ1v) is 15.9. The highest BCUT2D eigenvalue weighted by Crippen LogP contribution is 2.45. The molecular formula is C34H37F5N6O3. The van der Waals surface area contributed by atoms with Crippen LogP contribution < -0.4 is 15.4 Å². The number of alkyl halides is 3. The van der Waals surface area contributed by atoms with Gasteiger partial charge in [-0.3, -0.25) is 4.90 Å². The number of nitrogens with zero attached hydrogens (tertiary/aromatic N) is 5. The summed E-state index contributed by atoms with van der Waals surface area (Å²) >= 11 is 0. The number of nitrogens with two attached hydrogens (primary N) is 1. The van der Waals surface area contributed by atoms with Gasteiger partial charge < -0.3 is 25.2 Å². The standard InChI is InChI=1S/C34H37F5N6O3/c1-3-5-21-10-23(41)11-24(28(21)34(37,38)39)27-12-26-25(17-47-27)30(44-15-20(6-8-40)13-32(2,46)18-44)43-31(42-26)48-19-33-7-4-9-45(33)16-22(14-33)29(35)36/h10-11,20,27,46H,4,6-7,9,12-19,41H2,1-2H3/t20-,27+,32-,33+/m1/s1. The van der Waals surface area contributed by atoms with Crippen molar-refractivity contribution in [3.8, 4) is 23.9 Å². The summed E-state index contributed by atoms with van der Waals surface area (Å²) in [5, 5.41) is 20.5. The number of hydrogen-bond acceptors (Lipinski definition) is 9. The molecule has 1 aromatic carbocycles. The molecule has 3 saturated heterocycles. The van der Waals surface area contributed by atoms with E-state index in [1.54, 1.807) is 6.92 Å². The van der Waals surface area contributed by atoms with E-state index in [4.69, 9.17) is 20.2 Å². The Morgan fingerprint density at radius 3 is 2.77 bits per heavy atom. The normalized spacial score (nSPS) is 27.1. The molecule has 4 aliphatic heterocycles. The van der Waals surface area contributed by atoms with E-state index in [1.807, 2.05) is 9.80 Å². The summed E-state index contributed by atoms with van der Waals surface area (Å²) in [6.07, 6.45) is -5.33. The Bertz CT molecular complexity index is 1720. The fourth-order valence-electron chi connectivity index (χ4n) is 7.88. The zero-order valence-corrected chi connectivity index (χ0v) is 26.8. The minimum Gasteiger partial charge on any atom is -0.461 e. The zero-order chi connectivity index (χ0) is 34.4. The number of aliphatic hydroxyl groups is 1. The van der Waals surface area contributed by atoms with Crippen molar-refractivity contribution >= 4 is 11.5 Å². The second-order valence-electron chi connectivity index (χ2n) is 13.6. The second-order valence-corrected chi connectivity index (χ2v) is 13.6. The molecule has 48 heavy (non-hydrogen) atoms. The van der Waals surface area contributed by atoms with Gasteiger partial charge in [0, 0.05) is 54.9 Å². The lowest BCUT2D eigenvalue weighted by atomic mass is 9.85. The third-order valence-electron chi connectivity index (χ3n) is 9.76. The average molecular weight is 673 g/mol. The lowest BCUT2D eigenvalue weighted by Gasteiger charge is -2.42. The van der Waals surface area contributed by atoms with Crippen LogP contribution in [0.1, 0.15) is 80.0 Å². The molecule has 0 saturated carbocycles. The van der Waals surface area contributed by atoms with Crippen molar-refractivity contribution in [3.63, 3.8) is 0 Å². The van der Waals surface area contributed by atoms with E-state index in [0.717, 1.165) is 6.42 Å². The van der Waals surface area contributed by atoms with Crippen LogP contribution >= 0.6 is 0 Å². The van der Waals surface area contributed by atoms with Crippen molar-refractivity contribution in [2.45, 2.75) is 82.4 Å². The number of piperidine rings is 1. The van der Waals surface area contributed by atoms with E-state index in [0.29, 0.717) is 43.0 Å². The Morgan fingerprint density at radius 2 is 2.06 bits per heavy atom. The Balaban J connectivity index is 1.39. The summed E-state index contributed by atoms with van der Waals surface area (Å²) in [4.78, 5) is 13.2. The van der Waals surface area contributed by atoms with Crippen molar-refractivity contribution < 1.29 is 36.5 Å². The van der Waals surface area contributed by atoms with Gasteiger partial charge in [-0.2, -0.15) is 37.2 Å². The lowest BCUT2D eigenvalue weighted by molar-refractivity contribution is -0.140. The number of halogens is 5. The SMILES string of the molecule is CC#Cc1cc(N)cc([C@@H]2Cc3nc(OC[C@@]45CCCN4CC(=C(F)F)C5)nc(N4C[C@H](CC#N)C[C@@](C)(O)C4)c3CO2)c1C(F)(F)F. The predicted molar refractivity (Wildman–Crippen MR) is 166 cm³/mol. The average Bonchev–Trinajstić information content (AvgIpc) is 3.56. The molecule has 0 spiro atoms. The van der Waals surface area contributed by atoms with Crippen molar-refractivity contribution in [1.29, 1.82) is 5.26 Å². The van der Waals surface area contributed by atoms with Crippen LogP contribution in [-0.2, 0) is 23.9 Å². The first-order chi connectivity index (χ1) is 22.7. The van der Waals surface area contributed by atoms with Crippen molar-refractivity contribution in [2.75, 3.05) is 43.4 Å². The molecule has 2 aromatic rings. The third-order valence-corrected chi connectivity index (χ3v) is 9.76. The molecule has 3 fully saturated rings. The number of fused-ring (bicyclic) bond motifs is 2. The first kappa shape index (κ1) is 33.9. The third kappa shape index (κ3) is 6.66. The van der Waals surface area contributed by atoms with Crippen molar-refractivity contribution in [3.05, 3.63) is 51.7 Å². The van der Waals surface area contributed by atoms with E-state index in [2.05, 4.69) is 22.9 Å². The van der Waals surface area contributed by atoms with Crippen LogP contribution in [0.3, 0.4) is 0 Å². The number of nitrogen functional groups attached to an aromatic ring is 1. The highest BCUT2D eigenvalue weighted by molar-refractivity contribution is 5.58. The Hall–Kier alpha value is -3.98. The van der Waals surface area contributed by atoms with Crippen LogP contribution in [-0.4, -0.2) is 63.9 Å². The summed E-state index contributed by atoms with van der Waals surface area (Å²) in [5.74, 6) is 5.26. The van der Waals surface area contributed by atoms with Gasteiger partial charge >= 0.3 is 12.2 Å². The maximum Gasteiger partial charge on any atom is 0.417 e. The molecule has 256 valence electrons. The molecule has 1 aromatic heterocycles. The number of aromatic nitrogens is 2. The van der Waals surface area contributed by atoms with Crippen LogP contribution in [0.2, 0.25) is 0 Å². The first-order valence-electron chi connectivity index (χ1n) is 15.9. The van der Waals surface area contributed by atoms with Gasteiger partial charge in [0.05, 0.1) is 41.2 Å². The Kier molecular flexibility index (Phi) is 9.04. The molecule has 0 amide bonds. The summed E-state index contributed by atoms with van der Waals surface area (Å²) in [6, 6.07) is 4.56. The molecule has 0 bridgehead atoms. The predicted octanol–water partition coefficient (Wildman–Crippen LogP) is 5.52. The second kappa shape index (κ2) is 12.8. The molecule has 14 heteroatoms. The van der Waals surface area contributed by atoms with Crippen molar-refractivity contribution in [1.82, 2.24) is 14.9 Å². The Morgan fingerprint density at radius 1 is 1.27 bits per heavy atom. The lowest BCUT2D eigenvalue weighted by Crippen LogP contribution is -2.51. The van der Waals surface area contributed by atoms with Gasteiger partial charge in [0.2, 0.25) is 0 Å². The molecule has 0 unspecified atom stereocenters. The zero-order valence-electron chi connectivity index (χ0n) is 26.8. The fourth-order valence-corrected chi connectivity index (χ4v) is 7.88. The maximum atomic E-state index is 14.5. The van der Waals surface area contributed by atoms with Gasteiger partial charge in [0.15, 0.2) is 0 Å². The summed E-state index contributed by atoms with van der Waals surface area (Å²) in [7, 11) is 0. The monoisotopic (exact) mass is 672 g/mol. The number of nitriles is 1. The molecular weight excluding hydrogens is 635 g/mol. The largest absolute Gasteiger partial charge is 0.461 e. The minimum absolute atomic E-state index is 0.0448. The summed E-state index contributed by atoms with van der Waals surface area (Å²) in [6.45, 7) is 4.42. The molecule has 4 atom stereocenters. The maximum absolute atomic E-state index is 14.5. The number of ether oxygens (including phenoxy) is 2. The quantitative estimate of drug-likeness (QED) is 0.232. The molecule has 0 aliphatic carbocycles. The molecule has 6 rings (SSSR count). The van der Waals surface area contributed by atoms with E-state index in [1.165, 1.54) is 19.1 Å². The van der Waals surface area contributed by atoms with E-state index in [9.17, 15) is 32.3 Å². The fraction of sp³-hybridized carbons (Fsp3) is 0.559. The van der Waals surface area contributed by atoms with Gasteiger partial charge in [-0.05, 0) is 69.7 Å². The van der Waals surface area contributed by atoms with Gasteiger partial charge in [-0.1, -0.05) is 5.92 Å². The minimum atomic E-state index is -4.74. The molecule has 0 radical (unpaired) electrons. The molecule has 3 N–H and O–H groups in total. The number of anilines is 2. The van der Waals surface area contributed by atoms with Gasteiger partial charge in [0.25, 0.3) is 6.08 Å². The molecule has 4 aliphatic rings. The van der Waals surface area contributed by atoms with Crippen LogP contribution in [0.15, 0.2) is 23.8 Å². The van der Waals surface area contributed by atoms with E-state index >= 15 is 0 Å². The van der Waals surface area contributed by atoms with E-state index < -0.39 is 35.1 Å². The van der Waals surface area contributed by atoms with Crippen LogP contribution in [0.25, 0.3) is 0 Å². The Labute approximate surface area is 275 Å².